The molecule has 4 heteroatoms. The third kappa shape index (κ3) is 3.53. The number of anilines is 1. The van der Waals surface area contributed by atoms with Gasteiger partial charge in [0.15, 0.2) is 0 Å². The van der Waals surface area contributed by atoms with Crippen molar-refractivity contribution in [3.05, 3.63) is 83.9 Å². The maximum Gasteiger partial charge on any atom is 0.224 e. The van der Waals surface area contributed by atoms with Crippen LogP contribution in [0.1, 0.15) is 23.1 Å². The van der Waals surface area contributed by atoms with E-state index in [1.54, 1.807) is 6.20 Å². The molecule has 0 unspecified atom stereocenters. The van der Waals surface area contributed by atoms with E-state index in [0.29, 0.717) is 6.42 Å². The van der Waals surface area contributed by atoms with E-state index in [1.807, 2.05) is 36.8 Å². The summed E-state index contributed by atoms with van der Waals surface area (Å²) in [4.78, 5) is 15.7. The van der Waals surface area contributed by atoms with Gasteiger partial charge in [-0.05, 0) is 46.9 Å². The highest BCUT2D eigenvalue weighted by atomic mass is 16.1. The van der Waals surface area contributed by atoms with Gasteiger partial charge in [0.25, 0.3) is 0 Å². The van der Waals surface area contributed by atoms with Crippen molar-refractivity contribution in [2.45, 2.75) is 19.4 Å². The van der Waals surface area contributed by atoms with E-state index in [0.717, 1.165) is 18.7 Å². The molecule has 0 saturated carbocycles. The summed E-state index contributed by atoms with van der Waals surface area (Å²) in [6, 6.07) is 16.6. The number of carbonyl (C=O) groups excluding carboxylic acids is 1. The van der Waals surface area contributed by atoms with Gasteiger partial charge < -0.3 is 9.88 Å². The fraction of sp³-hybridized carbons (Fsp3) is 0.143. The molecule has 1 aliphatic rings. The van der Waals surface area contributed by atoms with Crippen molar-refractivity contribution in [1.29, 1.82) is 0 Å². The molecule has 0 bridgehead atoms. The van der Waals surface area contributed by atoms with Gasteiger partial charge in [0.2, 0.25) is 5.91 Å². The maximum atomic E-state index is 11.6. The quantitative estimate of drug-likeness (QED) is 0.735. The zero-order valence-electron chi connectivity index (χ0n) is 13.9. The molecule has 0 aliphatic carbocycles. The van der Waals surface area contributed by atoms with Gasteiger partial charge in [-0.15, -0.1) is 0 Å². The molecule has 3 aromatic rings. The highest BCUT2D eigenvalue weighted by Gasteiger charge is 2.15. The van der Waals surface area contributed by atoms with Gasteiger partial charge in [-0.3, -0.25) is 4.79 Å². The van der Waals surface area contributed by atoms with Crippen LogP contribution in [-0.4, -0.2) is 15.5 Å². The van der Waals surface area contributed by atoms with Crippen LogP contribution in [0.15, 0.2) is 67.3 Å². The second-order valence-corrected chi connectivity index (χ2v) is 6.24. The number of benzene rings is 2. The molecule has 25 heavy (non-hydrogen) atoms. The lowest BCUT2D eigenvalue weighted by atomic mass is 9.95. The van der Waals surface area contributed by atoms with Crippen LogP contribution < -0.4 is 5.32 Å². The van der Waals surface area contributed by atoms with E-state index in [-0.39, 0.29) is 5.91 Å². The summed E-state index contributed by atoms with van der Waals surface area (Å²) in [6.07, 6.45) is 9.15. The van der Waals surface area contributed by atoms with Crippen molar-refractivity contribution in [3.63, 3.8) is 0 Å². The molecule has 4 nitrogen and oxygen atoms in total. The lowest BCUT2D eigenvalue weighted by Gasteiger charge is -2.19. The maximum absolute atomic E-state index is 11.6. The molecular formula is C21H19N3O. The number of hydrogen-bond acceptors (Lipinski definition) is 2. The van der Waals surface area contributed by atoms with Crippen LogP contribution in [0.3, 0.4) is 0 Å². The van der Waals surface area contributed by atoms with Crippen LogP contribution in [-0.2, 0) is 17.8 Å². The lowest BCUT2D eigenvalue weighted by Crippen LogP contribution is -2.19. The third-order valence-electron chi connectivity index (χ3n) is 4.42. The number of imidazole rings is 1. The Kier molecular flexibility index (Phi) is 4.17. The largest absolute Gasteiger partial charge is 0.333 e. The average Bonchev–Trinajstić information content (AvgIpc) is 3.15. The molecule has 0 radical (unpaired) electrons. The Morgan fingerprint density at radius 1 is 1.16 bits per heavy atom. The van der Waals surface area contributed by atoms with Crippen LogP contribution in [0.5, 0.6) is 0 Å². The smallest absolute Gasteiger partial charge is 0.224 e. The van der Waals surface area contributed by atoms with Crippen LogP contribution in [0, 0.1) is 0 Å². The van der Waals surface area contributed by atoms with Gasteiger partial charge in [0.1, 0.15) is 0 Å². The highest BCUT2D eigenvalue weighted by Crippen LogP contribution is 2.28. The Balaban J connectivity index is 1.73. The molecule has 0 fully saturated rings. The Bertz CT molecular complexity index is 912. The summed E-state index contributed by atoms with van der Waals surface area (Å²) in [5, 5.41) is 2.95. The normalized spacial score (nSPS) is 14.1. The Morgan fingerprint density at radius 3 is 2.84 bits per heavy atom. The minimum atomic E-state index is 0.0960. The molecule has 1 N–H and O–H groups in total. The van der Waals surface area contributed by atoms with Crippen molar-refractivity contribution < 1.29 is 4.79 Å². The third-order valence-corrected chi connectivity index (χ3v) is 4.42. The summed E-state index contributed by atoms with van der Waals surface area (Å²) in [7, 11) is 0. The number of aryl methyl sites for hydroxylation is 1. The van der Waals surface area contributed by atoms with Gasteiger partial charge in [-0.25, -0.2) is 4.98 Å². The Morgan fingerprint density at radius 2 is 2.04 bits per heavy atom. The Labute approximate surface area is 146 Å². The topological polar surface area (TPSA) is 46.9 Å². The van der Waals surface area contributed by atoms with Crippen molar-refractivity contribution in [2.75, 3.05) is 5.32 Å². The first-order chi connectivity index (χ1) is 12.3. The summed E-state index contributed by atoms with van der Waals surface area (Å²) in [5.41, 5.74) is 5.68. The molecule has 4 rings (SSSR count). The van der Waals surface area contributed by atoms with Crippen molar-refractivity contribution in [2.24, 2.45) is 0 Å². The zero-order chi connectivity index (χ0) is 17.1. The van der Waals surface area contributed by atoms with E-state index in [4.69, 9.17) is 0 Å². The molecule has 0 spiro atoms. The first-order valence-corrected chi connectivity index (χ1v) is 8.42. The monoisotopic (exact) mass is 329 g/mol. The van der Waals surface area contributed by atoms with Crippen molar-refractivity contribution in [1.82, 2.24) is 9.55 Å². The van der Waals surface area contributed by atoms with Gasteiger partial charge in [-0.2, -0.15) is 0 Å². The summed E-state index contributed by atoms with van der Waals surface area (Å²) in [6.45, 7) is 0.750. The number of hydrogen-bond donors (Lipinski definition) is 1. The number of amides is 1. The zero-order valence-corrected chi connectivity index (χ0v) is 13.9. The summed E-state index contributed by atoms with van der Waals surface area (Å²) >= 11 is 0. The highest BCUT2D eigenvalue weighted by molar-refractivity contribution is 5.94. The molecule has 0 saturated heterocycles. The molecule has 1 aliphatic heterocycles. The number of carbonyl (C=O) groups is 1. The number of allylic oxidation sites excluding steroid dienone is 1. The van der Waals surface area contributed by atoms with E-state index in [2.05, 4.69) is 45.2 Å². The first kappa shape index (κ1) is 15.4. The van der Waals surface area contributed by atoms with Gasteiger partial charge in [-0.1, -0.05) is 36.4 Å². The number of nitrogens with zero attached hydrogens (tertiary/aromatic N) is 2. The molecule has 1 aromatic heterocycles. The minimum absolute atomic E-state index is 0.0960. The number of nitrogens with one attached hydrogen (secondary N) is 1. The van der Waals surface area contributed by atoms with Crippen LogP contribution in [0.4, 0.5) is 5.69 Å². The predicted octanol–water partition coefficient (Wildman–Crippen LogP) is 4.01. The molecule has 2 heterocycles. The molecule has 124 valence electrons. The summed E-state index contributed by atoms with van der Waals surface area (Å²) < 4.78 is 2.07. The molecule has 0 atom stereocenters. The molecular weight excluding hydrogens is 310 g/mol. The van der Waals surface area contributed by atoms with Gasteiger partial charge >= 0.3 is 0 Å². The van der Waals surface area contributed by atoms with E-state index in [1.165, 1.54) is 22.3 Å². The van der Waals surface area contributed by atoms with E-state index in [9.17, 15) is 4.79 Å². The number of aromatic nitrogens is 2. The van der Waals surface area contributed by atoms with Crippen molar-refractivity contribution in [3.8, 4) is 0 Å². The first-order valence-electron chi connectivity index (χ1n) is 8.42. The average molecular weight is 329 g/mol. The van der Waals surface area contributed by atoms with Crippen LogP contribution in [0.25, 0.3) is 11.6 Å². The Hall–Kier alpha value is -3.14. The van der Waals surface area contributed by atoms with E-state index >= 15 is 0 Å². The minimum Gasteiger partial charge on any atom is -0.333 e. The SMILES string of the molecule is O=C1CCc2cc(C(=Cc3ccccc3)Cn3ccnc3)ccc2N1. The van der Waals surface area contributed by atoms with E-state index < -0.39 is 0 Å². The van der Waals surface area contributed by atoms with Crippen LogP contribution >= 0.6 is 0 Å². The predicted molar refractivity (Wildman–Crippen MR) is 99.9 cm³/mol. The second kappa shape index (κ2) is 6.77. The van der Waals surface area contributed by atoms with Gasteiger partial charge in [0.05, 0.1) is 6.33 Å². The van der Waals surface area contributed by atoms with Crippen LogP contribution in [0.2, 0.25) is 0 Å². The summed E-state index contributed by atoms with van der Waals surface area (Å²) in [5.74, 6) is 0.0960. The molecule has 2 aromatic carbocycles. The molecule has 1 amide bonds. The standard InChI is InChI=1S/C21H19N3O/c25-21-9-7-18-13-17(6-8-20(18)23-21)19(14-24-11-10-22-15-24)12-16-4-2-1-3-5-16/h1-6,8,10-13,15H,7,9,14H2,(H,23,25). The van der Waals surface area contributed by atoms with Crippen molar-refractivity contribution >= 4 is 23.2 Å². The number of fused-ring (bicyclic) bond motifs is 1. The number of rotatable bonds is 4. The second-order valence-electron chi connectivity index (χ2n) is 6.24. The fourth-order valence-corrected chi connectivity index (χ4v) is 3.13. The fourth-order valence-electron chi connectivity index (χ4n) is 3.13. The lowest BCUT2D eigenvalue weighted by molar-refractivity contribution is -0.116. The van der Waals surface area contributed by atoms with Gasteiger partial charge in [0, 0.05) is 31.0 Å².